The van der Waals surface area contributed by atoms with Crippen LogP contribution in [0.2, 0.25) is 0 Å². The van der Waals surface area contributed by atoms with Gasteiger partial charge in [-0.3, -0.25) is 4.79 Å². The number of amides is 1. The molecule has 0 heterocycles. The molecule has 6 heteroatoms. The van der Waals surface area contributed by atoms with Crippen LogP contribution in [0, 0.1) is 5.92 Å². The summed E-state index contributed by atoms with van der Waals surface area (Å²) in [7, 11) is -3.77. The lowest BCUT2D eigenvalue weighted by atomic mass is 10.2. The topological polar surface area (TPSA) is 72.5 Å². The Morgan fingerprint density at radius 3 is 2.47 bits per heavy atom. The van der Waals surface area contributed by atoms with Crippen LogP contribution >= 0.6 is 0 Å². The molecule has 1 rings (SSSR count). The summed E-state index contributed by atoms with van der Waals surface area (Å²) in [6, 6.07) is 7.78. The summed E-state index contributed by atoms with van der Waals surface area (Å²) in [6.07, 6.45) is 0.0266. The largest absolute Gasteiger partial charge is 0.381 e. The zero-order valence-corrected chi connectivity index (χ0v) is 11.9. The van der Waals surface area contributed by atoms with Gasteiger partial charge < -0.3 is 4.74 Å². The third-order valence-corrected chi connectivity index (χ3v) is 3.62. The number of carbonyl (C=O) groups is 1. The molecule has 0 unspecified atom stereocenters. The number of rotatable bonds is 7. The van der Waals surface area contributed by atoms with Gasteiger partial charge >= 0.3 is 0 Å². The first kappa shape index (κ1) is 15.7. The molecule has 0 saturated carbocycles. The van der Waals surface area contributed by atoms with Crippen LogP contribution in [0.4, 0.5) is 0 Å². The van der Waals surface area contributed by atoms with Gasteiger partial charge in [0.1, 0.15) is 0 Å². The molecule has 1 amide bonds. The molecule has 1 N–H and O–H groups in total. The van der Waals surface area contributed by atoms with Crippen molar-refractivity contribution in [3.05, 3.63) is 30.3 Å². The first-order valence-corrected chi connectivity index (χ1v) is 7.58. The van der Waals surface area contributed by atoms with Crippen molar-refractivity contribution in [3.63, 3.8) is 0 Å². The van der Waals surface area contributed by atoms with E-state index in [1.165, 1.54) is 12.1 Å². The van der Waals surface area contributed by atoms with Crippen LogP contribution in [0.5, 0.6) is 0 Å². The molecule has 0 saturated heterocycles. The average Bonchev–Trinajstić information content (AvgIpc) is 2.35. The van der Waals surface area contributed by atoms with Gasteiger partial charge in [-0.25, -0.2) is 13.1 Å². The van der Waals surface area contributed by atoms with Gasteiger partial charge in [0.25, 0.3) is 10.0 Å². The highest BCUT2D eigenvalue weighted by molar-refractivity contribution is 7.90. The Labute approximate surface area is 114 Å². The Bertz CT molecular complexity index is 497. The van der Waals surface area contributed by atoms with E-state index < -0.39 is 15.9 Å². The Kier molecular flexibility index (Phi) is 5.98. The highest BCUT2D eigenvalue weighted by atomic mass is 32.2. The van der Waals surface area contributed by atoms with E-state index in [2.05, 4.69) is 0 Å². The van der Waals surface area contributed by atoms with Crippen molar-refractivity contribution in [3.8, 4) is 0 Å². The number of carbonyl (C=O) groups excluding carboxylic acids is 1. The van der Waals surface area contributed by atoms with Crippen molar-refractivity contribution in [1.82, 2.24) is 4.72 Å². The lowest BCUT2D eigenvalue weighted by Gasteiger charge is -2.08. The molecule has 19 heavy (non-hydrogen) atoms. The molecule has 0 atom stereocenters. The third kappa shape index (κ3) is 5.85. The molecule has 0 bridgehead atoms. The maximum Gasteiger partial charge on any atom is 0.264 e. The second-order valence-corrected chi connectivity index (χ2v) is 6.24. The number of hydrogen-bond acceptors (Lipinski definition) is 4. The normalized spacial score (nSPS) is 11.5. The third-order valence-electron chi connectivity index (χ3n) is 2.23. The first-order chi connectivity index (χ1) is 8.92. The quantitative estimate of drug-likeness (QED) is 0.772. The maximum atomic E-state index is 11.8. The highest BCUT2D eigenvalue weighted by Crippen LogP contribution is 2.07. The minimum Gasteiger partial charge on any atom is -0.381 e. The lowest BCUT2D eigenvalue weighted by molar-refractivity contribution is -0.120. The monoisotopic (exact) mass is 285 g/mol. The van der Waals surface area contributed by atoms with Gasteiger partial charge in [-0.05, 0) is 18.1 Å². The predicted octanol–water partition coefficient (Wildman–Crippen LogP) is 1.55. The van der Waals surface area contributed by atoms with Crippen LogP contribution in [0.3, 0.4) is 0 Å². The van der Waals surface area contributed by atoms with Crippen molar-refractivity contribution in [1.29, 1.82) is 0 Å². The van der Waals surface area contributed by atoms with Crippen molar-refractivity contribution in [2.75, 3.05) is 13.2 Å². The maximum absolute atomic E-state index is 11.8. The summed E-state index contributed by atoms with van der Waals surface area (Å²) in [5, 5.41) is 0. The molecule has 106 valence electrons. The Morgan fingerprint density at radius 2 is 1.89 bits per heavy atom. The molecule has 0 aromatic heterocycles. The fraction of sp³-hybridized carbons (Fsp3) is 0.462. The SMILES string of the molecule is CC(C)COCCC(=O)NS(=O)(=O)c1ccccc1. The highest BCUT2D eigenvalue weighted by Gasteiger charge is 2.16. The molecule has 1 aromatic rings. The molecule has 0 aliphatic carbocycles. The number of sulfonamides is 1. The van der Waals surface area contributed by atoms with Crippen molar-refractivity contribution < 1.29 is 17.9 Å². The zero-order valence-electron chi connectivity index (χ0n) is 11.1. The predicted molar refractivity (Wildman–Crippen MR) is 72.0 cm³/mol. The molecule has 5 nitrogen and oxygen atoms in total. The number of benzene rings is 1. The number of nitrogens with one attached hydrogen (secondary N) is 1. The van der Waals surface area contributed by atoms with Gasteiger partial charge in [-0.2, -0.15) is 0 Å². The van der Waals surface area contributed by atoms with E-state index in [9.17, 15) is 13.2 Å². The van der Waals surface area contributed by atoms with Crippen LogP contribution < -0.4 is 4.72 Å². The molecule has 0 fully saturated rings. The van der Waals surface area contributed by atoms with E-state index in [1.807, 2.05) is 18.6 Å². The standard InChI is InChI=1S/C13H19NO4S/c1-11(2)10-18-9-8-13(15)14-19(16,17)12-6-4-3-5-7-12/h3-7,11H,8-10H2,1-2H3,(H,14,15). The Balaban J connectivity index is 2.44. The van der Waals surface area contributed by atoms with Crippen LogP contribution in [-0.4, -0.2) is 27.5 Å². The second kappa shape index (κ2) is 7.25. The van der Waals surface area contributed by atoms with Gasteiger partial charge in [-0.1, -0.05) is 32.0 Å². The molecular weight excluding hydrogens is 266 g/mol. The summed E-state index contributed by atoms with van der Waals surface area (Å²) >= 11 is 0. The Hall–Kier alpha value is -1.40. The van der Waals surface area contributed by atoms with E-state index >= 15 is 0 Å². The zero-order chi connectivity index (χ0) is 14.3. The second-order valence-electron chi connectivity index (χ2n) is 4.56. The van der Waals surface area contributed by atoms with Crippen molar-refractivity contribution in [2.24, 2.45) is 5.92 Å². The molecule has 0 aliphatic rings. The summed E-state index contributed by atoms with van der Waals surface area (Å²) in [5.41, 5.74) is 0. The van der Waals surface area contributed by atoms with Crippen LogP contribution in [-0.2, 0) is 19.6 Å². The summed E-state index contributed by atoms with van der Waals surface area (Å²) in [6.45, 7) is 4.77. The first-order valence-electron chi connectivity index (χ1n) is 6.10. The minimum atomic E-state index is -3.77. The van der Waals surface area contributed by atoms with Gasteiger partial charge in [0.15, 0.2) is 0 Å². The molecule has 0 radical (unpaired) electrons. The van der Waals surface area contributed by atoms with Crippen LogP contribution in [0.15, 0.2) is 35.2 Å². The van der Waals surface area contributed by atoms with E-state index in [0.717, 1.165) is 0 Å². The van der Waals surface area contributed by atoms with Gasteiger partial charge in [-0.15, -0.1) is 0 Å². The fourth-order valence-corrected chi connectivity index (χ4v) is 2.38. The Morgan fingerprint density at radius 1 is 1.26 bits per heavy atom. The lowest BCUT2D eigenvalue weighted by Crippen LogP contribution is -2.31. The summed E-state index contributed by atoms with van der Waals surface area (Å²) < 4.78 is 30.9. The number of ether oxygens (including phenoxy) is 1. The van der Waals surface area contributed by atoms with Gasteiger partial charge in [0.2, 0.25) is 5.91 Å². The van der Waals surface area contributed by atoms with Crippen molar-refractivity contribution in [2.45, 2.75) is 25.2 Å². The number of hydrogen-bond donors (Lipinski definition) is 1. The van der Waals surface area contributed by atoms with Gasteiger partial charge in [0, 0.05) is 6.61 Å². The van der Waals surface area contributed by atoms with E-state index in [0.29, 0.717) is 12.5 Å². The summed E-state index contributed by atoms with van der Waals surface area (Å²) in [4.78, 5) is 11.6. The molecule has 0 aliphatic heterocycles. The molecular formula is C13H19NO4S. The van der Waals surface area contributed by atoms with Crippen LogP contribution in [0.1, 0.15) is 20.3 Å². The molecule has 1 aromatic carbocycles. The molecule has 0 spiro atoms. The van der Waals surface area contributed by atoms with Crippen molar-refractivity contribution >= 4 is 15.9 Å². The van der Waals surface area contributed by atoms with Crippen LogP contribution in [0.25, 0.3) is 0 Å². The van der Waals surface area contributed by atoms with E-state index in [-0.39, 0.29) is 17.9 Å². The smallest absolute Gasteiger partial charge is 0.264 e. The summed E-state index contributed by atoms with van der Waals surface area (Å²) in [5.74, 6) is -0.177. The minimum absolute atomic E-state index is 0.0266. The van der Waals surface area contributed by atoms with Gasteiger partial charge in [0.05, 0.1) is 17.9 Å². The average molecular weight is 285 g/mol. The van der Waals surface area contributed by atoms with E-state index in [4.69, 9.17) is 4.74 Å². The fourth-order valence-electron chi connectivity index (χ4n) is 1.34. The van der Waals surface area contributed by atoms with E-state index in [1.54, 1.807) is 18.2 Å².